The first kappa shape index (κ1) is 33.0. The molecule has 4 rings (SSSR count). The molecule has 0 aromatic heterocycles. The molecule has 0 aliphatic rings. The third-order valence-corrected chi connectivity index (χ3v) is 8.28. The maximum Gasteiger partial charge on any atom is 0.272 e. The van der Waals surface area contributed by atoms with Gasteiger partial charge in [-0.25, -0.2) is 13.6 Å². The highest BCUT2D eigenvalue weighted by atomic mass is 32.2. The number of primary sulfonamides is 1. The van der Waals surface area contributed by atoms with E-state index in [1.807, 2.05) is 6.92 Å². The van der Waals surface area contributed by atoms with Gasteiger partial charge >= 0.3 is 0 Å². The molecule has 45 heavy (non-hydrogen) atoms. The second-order valence-electron chi connectivity index (χ2n) is 9.68. The molecule has 0 aliphatic carbocycles. The van der Waals surface area contributed by atoms with Crippen molar-refractivity contribution in [3.63, 3.8) is 0 Å². The van der Waals surface area contributed by atoms with E-state index in [4.69, 9.17) is 9.88 Å². The van der Waals surface area contributed by atoms with Crippen molar-refractivity contribution in [1.29, 1.82) is 0 Å². The van der Waals surface area contributed by atoms with Gasteiger partial charge in [-0.3, -0.25) is 14.4 Å². The smallest absolute Gasteiger partial charge is 0.272 e. The summed E-state index contributed by atoms with van der Waals surface area (Å²) >= 11 is 1.27. The molecule has 1 atom stereocenters. The van der Waals surface area contributed by atoms with E-state index in [9.17, 15) is 22.8 Å². The summed E-state index contributed by atoms with van der Waals surface area (Å²) in [4.78, 5) is 39.9. The molecular weight excluding hydrogens is 613 g/mol. The minimum Gasteiger partial charge on any atom is -0.494 e. The Hall–Kier alpha value is -4.91. The fraction of sp³-hybridized carbons (Fsp3) is 0.121. The number of ether oxygens (including phenoxy) is 1. The summed E-state index contributed by atoms with van der Waals surface area (Å²) < 4.78 is 28.4. The number of benzene rings is 4. The summed E-state index contributed by atoms with van der Waals surface area (Å²) in [6.07, 6.45) is 1.58. The molecule has 0 radical (unpaired) electrons. The minimum absolute atomic E-state index is 0.0345. The summed E-state index contributed by atoms with van der Waals surface area (Å²) in [5.41, 5.74) is 1.99. The third-order valence-electron chi connectivity index (χ3n) is 6.26. The largest absolute Gasteiger partial charge is 0.494 e. The van der Waals surface area contributed by atoms with Crippen LogP contribution in [0, 0.1) is 0 Å². The lowest BCUT2D eigenvalue weighted by Gasteiger charge is -2.14. The molecular formula is C33H32N4O6S2. The van der Waals surface area contributed by atoms with Crippen LogP contribution in [0.25, 0.3) is 6.08 Å². The number of sulfonamides is 1. The zero-order chi connectivity index (χ0) is 32.4. The van der Waals surface area contributed by atoms with Crippen LogP contribution in [0.4, 0.5) is 11.4 Å². The summed E-state index contributed by atoms with van der Waals surface area (Å²) in [5.74, 6) is -0.594. The van der Waals surface area contributed by atoms with Crippen LogP contribution in [0.2, 0.25) is 0 Å². The number of rotatable bonds is 12. The average Bonchev–Trinajstić information content (AvgIpc) is 3.02. The highest BCUT2D eigenvalue weighted by Crippen LogP contribution is 2.27. The average molecular weight is 645 g/mol. The number of nitrogens with two attached hydrogens (primary N) is 1. The summed E-state index contributed by atoms with van der Waals surface area (Å²) in [5, 5.41) is 12.9. The molecule has 12 heteroatoms. The second-order valence-corrected chi connectivity index (χ2v) is 12.7. The predicted octanol–water partition coefficient (Wildman–Crippen LogP) is 5.26. The van der Waals surface area contributed by atoms with Gasteiger partial charge in [-0.15, -0.1) is 11.8 Å². The molecule has 3 amide bonds. The van der Waals surface area contributed by atoms with Crippen molar-refractivity contribution in [2.75, 3.05) is 17.2 Å². The van der Waals surface area contributed by atoms with Crippen molar-refractivity contribution in [1.82, 2.24) is 5.32 Å². The minimum atomic E-state index is -3.84. The van der Waals surface area contributed by atoms with Crippen molar-refractivity contribution in [2.24, 2.45) is 5.14 Å². The van der Waals surface area contributed by atoms with Crippen LogP contribution in [0.3, 0.4) is 0 Å². The van der Waals surface area contributed by atoms with E-state index < -0.39 is 27.1 Å². The van der Waals surface area contributed by atoms with Crippen LogP contribution in [0.5, 0.6) is 5.75 Å². The fourth-order valence-corrected chi connectivity index (χ4v) is 5.45. The predicted molar refractivity (Wildman–Crippen MR) is 176 cm³/mol. The Morgan fingerprint density at radius 1 is 0.867 bits per heavy atom. The van der Waals surface area contributed by atoms with Crippen molar-refractivity contribution in [3.05, 3.63) is 120 Å². The number of hydrogen-bond donors (Lipinski definition) is 4. The molecule has 232 valence electrons. The van der Waals surface area contributed by atoms with E-state index >= 15 is 0 Å². The Morgan fingerprint density at radius 2 is 1.56 bits per heavy atom. The van der Waals surface area contributed by atoms with Crippen molar-refractivity contribution >= 4 is 57.0 Å². The van der Waals surface area contributed by atoms with Crippen molar-refractivity contribution < 1.29 is 27.5 Å². The molecule has 4 aromatic carbocycles. The van der Waals surface area contributed by atoms with E-state index in [2.05, 4.69) is 16.0 Å². The molecule has 0 heterocycles. The lowest BCUT2D eigenvalue weighted by molar-refractivity contribution is -0.115. The lowest BCUT2D eigenvalue weighted by atomic mass is 10.1. The Bertz CT molecular complexity index is 1790. The van der Waals surface area contributed by atoms with Gasteiger partial charge in [0.1, 0.15) is 11.4 Å². The number of thioether (sulfide) groups is 1. The van der Waals surface area contributed by atoms with E-state index in [1.54, 1.807) is 91.9 Å². The zero-order valence-electron chi connectivity index (χ0n) is 24.5. The second kappa shape index (κ2) is 15.2. The molecule has 0 saturated carbocycles. The summed E-state index contributed by atoms with van der Waals surface area (Å²) in [6, 6.07) is 28.2. The Labute approximate surface area is 266 Å². The SMILES string of the molecule is CCOc1ccc(/C=C(/NC(=O)c2ccccc2)C(=O)Nc2cccc(SC(C)C(=O)Nc3ccc(S(N)(=O)=O)cc3)c2)cc1. The van der Waals surface area contributed by atoms with Crippen molar-refractivity contribution in [3.8, 4) is 5.75 Å². The Balaban J connectivity index is 1.46. The lowest BCUT2D eigenvalue weighted by Crippen LogP contribution is -2.30. The first-order valence-electron chi connectivity index (χ1n) is 13.8. The van der Waals surface area contributed by atoms with Gasteiger partial charge in [-0.05, 0) is 92.2 Å². The first-order valence-corrected chi connectivity index (χ1v) is 16.3. The van der Waals surface area contributed by atoms with Gasteiger partial charge in [-0.1, -0.05) is 36.4 Å². The number of anilines is 2. The maximum atomic E-state index is 13.4. The highest BCUT2D eigenvalue weighted by Gasteiger charge is 2.18. The number of carbonyl (C=O) groups excluding carboxylic acids is 3. The van der Waals surface area contributed by atoms with E-state index in [0.717, 1.165) is 0 Å². The van der Waals surface area contributed by atoms with E-state index in [-0.39, 0.29) is 16.5 Å². The summed E-state index contributed by atoms with van der Waals surface area (Å²) in [7, 11) is -3.84. The molecule has 1 unspecified atom stereocenters. The van der Waals surface area contributed by atoms with Crippen molar-refractivity contribution in [2.45, 2.75) is 28.9 Å². The van der Waals surface area contributed by atoms with Gasteiger partial charge in [-0.2, -0.15) is 0 Å². The van der Waals surface area contributed by atoms with E-state index in [0.29, 0.717) is 39.8 Å². The number of hydrogen-bond acceptors (Lipinski definition) is 7. The molecule has 4 aromatic rings. The molecule has 0 aliphatic heterocycles. The van der Waals surface area contributed by atoms with Gasteiger partial charge in [0.25, 0.3) is 11.8 Å². The summed E-state index contributed by atoms with van der Waals surface area (Å²) in [6.45, 7) is 4.13. The van der Waals surface area contributed by atoms with Gasteiger partial charge in [0, 0.05) is 21.8 Å². The van der Waals surface area contributed by atoms with Gasteiger partial charge in [0.15, 0.2) is 0 Å². The molecule has 0 bridgehead atoms. The zero-order valence-corrected chi connectivity index (χ0v) is 26.2. The van der Waals surface area contributed by atoms with Gasteiger partial charge < -0.3 is 20.7 Å². The Morgan fingerprint density at radius 3 is 2.20 bits per heavy atom. The number of amides is 3. The van der Waals surface area contributed by atoms with Crippen LogP contribution in [0.1, 0.15) is 29.8 Å². The third kappa shape index (κ3) is 9.80. The van der Waals surface area contributed by atoms with Crippen LogP contribution >= 0.6 is 11.8 Å². The molecule has 0 fully saturated rings. The van der Waals surface area contributed by atoms with Crippen LogP contribution in [0.15, 0.2) is 119 Å². The number of nitrogens with one attached hydrogen (secondary N) is 3. The molecule has 10 nitrogen and oxygen atoms in total. The maximum absolute atomic E-state index is 13.4. The van der Waals surface area contributed by atoms with Gasteiger partial charge in [0.05, 0.1) is 16.8 Å². The van der Waals surface area contributed by atoms with Crippen LogP contribution in [-0.4, -0.2) is 38.0 Å². The van der Waals surface area contributed by atoms with Crippen LogP contribution < -0.4 is 25.8 Å². The normalized spacial score (nSPS) is 12.1. The molecule has 5 N–H and O–H groups in total. The topological polar surface area (TPSA) is 157 Å². The quantitative estimate of drug-likeness (QED) is 0.121. The Kier molecular flexibility index (Phi) is 11.1. The monoisotopic (exact) mass is 644 g/mol. The first-order chi connectivity index (χ1) is 21.5. The van der Waals surface area contributed by atoms with Gasteiger partial charge in [0.2, 0.25) is 15.9 Å². The molecule has 0 saturated heterocycles. The molecule has 0 spiro atoms. The van der Waals surface area contributed by atoms with Crippen LogP contribution in [-0.2, 0) is 19.6 Å². The number of carbonyl (C=O) groups is 3. The fourth-order valence-electron chi connectivity index (χ4n) is 4.01. The standard InChI is InChI=1S/C33H32N4O6S2/c1-3-43-27-16-12-23(13-17-27)20-30(37-32(39)24-8-5-4-6-9-24)33(40)36-26-10-7-11-28(21-26)44-22(2)31(38)35-25-14-18-29(19-15-25)45(34,41)42/h4-22H,3H2,1-2H3,(H,35,38)(H,36,40)(H,37,39)(H2,34,41,42)/b30-20+. The van der Waals surface area contributed by atoms with E-state index in [1.165, 1.54) is 36.0 Å². The highest BCUT2D eigenvalue weighted by molar-refractivity contribution is 8.00.